The predicted octanol–water partition coefficient (Wildman–Crippen LogP) is 2.58. The Kier molecular flexibility index (Phi) is 5.21. The molecule has 0 radical (unpaired) electrons. The Morgan fingerprint density at radius 2 is 2.29 bits per heavy atom. The first kappa shape index (κ1) is 15.4. The third-order valence-corrected chi connectivity index (χ3v) is 3.78. The van der Waals surface area contributed by atoms with Gasteiger partial charge in [-0.25, -0.2) is 4.98 Å². The molecule has 0 bridgehead atoms. The molecule has 0 aliphatic rings. The van der Waals surface area contributed by atoms with E-state index in [4.69, 9.17) is 9.84 Å². The summed E-state index contributed by atoms with van der Waals surface area (Å²) in [6.07, 6.45) is 4.87. The third kappa shape index (κ3) is 3.75. The lowest BCUT2D eigenvalue weighted by atomic mass is 10.3. The molecular weight excluding hydrogens is 290 g/mol. The van der Waals surface area contributed by atoms with Crippen molar-refractivity contribution in [3.05, 3.63) is 24.3 Å². The summed E-state index contributed by atoms with van der Waals surface area (Å²) in [6.45, 7) is 2.66. The molecular formula is C14H17N3O3S. The number of hydrogen-bond donors (Lipinski definition) is 1. The van der Waals surface area contributed by atoms with Crippen LogP contribution in [-0.4, -0.2) is 38.5 Å². The third-order valence-electron chi connectivity index (χ3n) is 2.82. The Morgan fingerprint density at radius 3 is 2.95 bits per heavy atom. The van der Waals surface area contributed by atoms with Crippen LogP contribution in [0.1, 0.15) is 13.3 Å². The number of carboxylic acid groups (broad SMARTS) is 1. The molecule has 0 spiro atoms. The normalized spacial score (nSPS) is 11.3. The average molecular weight is 307 g/mol. The monoisotopic (exact) mass is 307 g/mol. The lowest BCUT2D eigenvalue weighted by Gasteiger charge is -2.06. The highest BCUT2D eigenvalue weighted by atomic mass is 32.2. The van der Waals surface area contributed by atoms with Crippen LogP contribution in [0.5, 0.6) is 5.88 Å². The first-order chi connectivity index (χ1) is 10.2. The topological polar surface area (TPSA) is 77.2 Å². The lowest BCUT2D eigenvalue weighted by Crippen LogP contribution is -2.04. The van der Waals surface area contributed by atoms with Crippen molar-refractivity contribution in [2.75, 3.05) is 12.9 Å². The number of carboxylic acids is 1. The molecule has 2 heterocycles. The standard InChI is InChI=1S/C14H17N3O3S/c1-3-4-5-8-17-13-10(6-7-11(16-13)20-2)15-14(17)21-9-12(18)19/h3-4,6-7H,5,8-9H2,1-2H3,(H,18,19)/b4-3+. The predicted molar refractivity (Wildman–Crippen MR) is 81.9 cm³/mol. The minimum atomic E-state index is -0.863. The molecule has 2 aromatic heterocycles. The van der Waals surface area contributed by atoms with Gasteiger partial charge in [-0.15, -0.1) is 0 Å². The molecule has 2 aromatic rings. The van der Waals surface area contributed by atoms with Crippen LogP contribution in [0.25, 0.3) is 11.2 Å². The molecule has 0 atom stereocenters. The zero-order chi connectivity index (χ0) is 15.2. The highest BCUT2D eigenvalue weighted by Gasteiger charge is 2.14. The van der Waals surface area contributed by atoms with E-state index >= 15 is 0 Å². The first-order valence-electron chi connectivity index (χ1n) is 6.52. The number of hydrogen-bond acceptors (Lipinski definition) is 5. The molecule has 2 rings (SSSR count). The Balaban J connectivity index is 2.39. The number of aliphatic carboxylic acids is 1. The maximum atomic E-state index is 10.8. The van der Waals surface area contributed by atoms with Crippen molar-refractivity contribution in [3.63, 3.8) is 0 Å². The second kappa shape index (κ2) is 7.12. The molecule has 0 fully saturated rings. The van der Waals surface area contributed by atoms with Crippen LogP contribution in [0.3, 0.4) is 0 Å². The van der Waals surface area contributed by atoms with E-state index in [0.29, 0.717) is 23.2 Å². The summed E-state index contributed by atoms with van der Waals surface area (Å²) < 4.78 is 7.08. The smallest absolute Gasteiger partial charge is 0.313 e. The van der Waals surface area contributed by atoms with Gasteiger partial charge in [0.15, 0.2) is 10.8 Å². The minimum Gasteiger partial charge on any atom is -0.481 e. The van der Waals surface area contributed by atoms with Gasteiger partial charge in [0.25, 0.3) is 0 Å². The largest absolute Gasteiger partial charge is 0.481 e. The van der Waals surface area contributed by atoms with E-state index in [1.165, 1.54) is 11.8 Å². The molecule has 0 saturated carbocycles. The van der Waals surface area contributed by atoms with Gasteiger partial charge >= 0.3 is 5.97 Å². The highest BCUT2D eigenvalue weighted by molar-refractivity contribution is 7.99. The first-order valence-corrected chi connectivity index (χ1v) is 7.51. The minimum absolute atomic E-state index is 0.0237. The van der Waals surface area contributed by atoms with E-state index < -0.39 is 5.97 Å². The van der Waals surface area contributed by atoms with E-state index in [9.17, 15) is 4.79 Å². The number of fused-ring (bicyclic) bond motifs is 1. The number of methoxy groups -OCH3 is 1. The summed E-state index contributed by atoms with van der Waals surface area (Å²) in [4.78, 5) is 19.6. The van der Waals surface area contributed by atoms with Crippen LogP contribution in [0.2, 0.25) is 0 Å². The van der Waals surface area contributed by atoms with Crippen molar-refractivity contribution in [2.45, 2.75) is 25.0 Å². The summed E-state index contributed by atoms with van der Waals surface area (Å²) in [5.41, 5.74) is 1.45. The van der Waals surface area contributed by atoms with Crippen molar-refractivity contribution in [2.24, 2.45) is 0 Å². The number of carbonyl (C=O) groups is 1. The molecule has 6 nitrogen and oxygen atoms in total. The molecule has 0 aromatic carbocycles. The van der Waals surface area contributed by atoms with Crippen molar-refractivity contribution in [3.8, 4) is 5.88 Å². The highest BCUT2D eigenvalue weighted by Crippen LogP contribution is 2.25. The number of ether oxygens (including phenoxy) is 1. The molecule has 0 saturated heterocycles. The lowest BCUT2D eigenvalue weighted by molar-refractivity contribution is -0.133. The van der Waals surface area contributed by atoms with Crippen molar-refractivity contribution in [1.82, 2.24) is 14.5 Å². The van der Waals surface area contributed by atoms with Gasteiger partial charge in [-0.1, -0.05) is 23.9 Å². The van der Waals surface area contributed by atoms with Crippen molar-refractivity contribution < 1.29 is 14.6 Å². The summed E-state index contributed by atoms with van der Waals surface area (Å²) >= 11 is 1.20. The number of thioether (sulfide) groups is 1. The maximum Gasteiger partial charge on any atom is 0.313 e. The SMILES string of the molecule is C/C=C/CCn1c(SCC(=O)O)nc2ccc(OC)nc21. The number of allylic oxidation sites excluding steroid dienone is 2. The summed E-state index contributed by atoms with van der Waals surface area (Å²) in [7, 11) is 1.56. The van der Waals surface area contributed by atoms with Gasteiger partial charge in [-0.2, -0.15) is 4.98 Å². The van der Waals surface area contributed by atoms with Gasteiger partial charge in [0.1, 0.15) is 5.52 Å². The van der Waals surface area contributed by atoms with Crippen LogP contribution < -0.4 is 4.74 Å². The Bertz CT molecular complexity index is 667. The van der Waals surface area contributed by atoms with Gasteiger partial charge < -0.3 is 14.4 Å². The molecule has 0 amide bonds. The maximum absolute atomic E-state index is 10.8. The summed E-state index contributed by atoms with van der Waals surface area (Å²) in [5, 5.41) is 9.50. The van der Waals surface area contributed by atoms with Gasteiger partial charge in [-0.05, 0) is 19.4 Å². The van der Waals surface area contributed by atoms with Crippen molar-refractivity contribution in [1.29, 1.82) is 0 Å². The molecule has 1 N–H and O–H groups in total. The molecule has 0 aliphatic heterocycles. The van der Waals surface area contributed by atoms with E-state index in [2.05, 4.69) is 16.0 Å². The number of aryl methyl sites for hydroxylation is 1. The number of imidazole rings is 1. The van der Waals surface area contributed by atoms with Crippen molar-refractivity contribution >= 4 is 28.9 Å². The quantitative estimate of drug-likeness (QED) is 0.626. The molecule has 0 aliphatic carbocycles. The molecule has 112 valence electrons. The Labute approximate surface area is 126 Å². The number of nitrogens with zero attached hydrogens (tertiary/aromatic N) is 3. The summed E-state index contributed by atoms with van der Waals surface area (Å²) in [6, 6.07) is 3.58. The molecule has 0 unspecified atom stereocenters. The number of aromatic nitrogens is 3. The second-order valence-corrected chi connectivity index (χ2v) is 5.22. The van der Waals surface area contributed by atoms with Crippen LogP contribution in [0.15, 0.2) is 29.4 Å². The molecule has 7 heteroatoms. The zero-order valence-corrected chi connectivity index (χ0v) is 12.8. The van der Waals surface area contributed by atoms with Gasteiger partial charge in [0, 0.05) is 12.6 Å². The van der Waals surface area contributed by atoms with E-state index in [1.54, 1.807) is 13.2 Å². The van der Waals surface area contributed by atoms with Gasteiger partial charge in [0.2, 0.25) is 5.88 Å². The Morgan fingerprint density at radius 1 is 1.48 bits per heavy atom. The molecule has 21 heavy (non-hydrogen) atoms. The van der Waals surface area contributed by atoms with Crippen LogP contribution in [-0.2, 0) is 11.3 Å². The summed E-state index contributed by atoms with van der Waals surface area (Å²) in [5.74, 6) is -0.369. The van der Waals surface area contributed by atoms with E-state index in [1.807, 2.05) is 23.6 Å². The average Bonchev–Trinajstić information content (AvgIpc) is 2.82. The van der Waals surface area contributed by atoms with Crippen LogP contribution >= 0.6 is 11.8 Å². The fourth-order valence-electron chi connectivity index (χ4n) is 1.89. The number of rotatable bonds is 7. The van der Waals surface area contributed by atoms with Gasteiger partial charge in [0.05, 0.1) is 12.9 Å². The van der Waals surface area contributed by atoms with Crippen LogP contribution in [0, 0.1) is 0 Å². The van der Waals surface area contributed by atoms with Gasteiger partial charge in [-0.3, -0.25) is 4.79 Å². The fourth-order valence-corrected chi connectivity index (χ4v) is 2.63. The zero-order valence-electron chi connectivity index (χ0n) is 11.9. The van der Waals surface area contributed by atoms with E-state index in [-0.39, 0.29) is 5.75 Å². The number of pyridine rings is 1. The second-order valence-electron chi connectivity index (χ2n) is 4.28. The van der Waals surface area contributed by atoms with E-state index in [0.717, 1.165) is 11.9 Å². The Hall–Kier alpha value is -2.02. The fraction of sp³-hybridized carbons (Fsp3) is 0.357. The van der Waals surface area contributed by atoms with Crippen LogP contribution in [0.4, 0.5) is 0 Å².